The van der Waals surface area contributed by atoms with Crippen molar-refractivity contribution in [1.29, 1.82) is 0 Å². The van der Waals surface area contributed by atoms with Gasteiger partial charge < -0.3 is 0 Å². The number of hydrogen-bond acceptors (Lipinski definition) is 4. The summed E-state index contributed by atoms with van der Waals surface area (Å²) in [4.78, 5) is 0. The standard InChI is InChI=1S/C9H14N2OS/c1-8-4-6-9(7-5-8)11(3)13-12-10-2/h4-7,10H,1-3H3. The molecule has 0 aliphatic carbocycles. The van der Waals surface area contributed by atoms with Crippen molar-refractivity contribution in [2.24, 2.45) is 0 Å². The minimum absolute atomic E-state index is 1.12. The Labute approximate surface area is 83.4 Å². The molecule has 0 amide bonds. The molecular weight excluding hydrogens is 184 g/mol. The highest BCUT2D eigenvalue weighted by atomic mass is 32.2. The molecule has 3 nitrogen and oxygen atoms in total. The number of aryl methyl sites for hydroxylation is 1. The predicted octanol–water partition coefficient (Wildman–Crippen LogP) is 2.15. The largest absolute Gasteiger partial charge is 0.295 e. The summed E-state index contributed by atoms with van der Waals surface area (Å²) in [5, 5.41) is 0. The summed E-state index contributed by atoms with van der Waals surface area (Å²) in [7, 11) is 3.68. The van der Waals surface area contributed by atoms with E-state index >= 15 is 0 Å². The van der Waals surface area contributed by atoms with Crippen LogP contribution in [0.5, 0.6) is 0 Å². The summed E-state index contributed by atoms with van der Waals surface area (Å²) in [6, 6.07) is 8.26. The fraction of sp³-hybridized carbons (Fsp3) is 0.333. The molecule has 0 saturated heterocycles. The molecule has 0 atom stereocenters. The number of benzene rings is 1. The van der Waals surface area contributed by atoms with Gasteiger partial charge in [0.15, 0.2) is 0 Å². The second-order valence-corrected chi connectivity index (χ2v) is 3.56. The van der Waals surface area contributed by atoms with E-state index in [2.05, 4.69) is 36.7 Å². The van der Waals surface area contributed by atoms with Crippen molar-refractivity contribution in [2.75, 3.05) is 18.4 Å². The van der Waals surface area contributed by atoms with Crippen molar-refractivity contribution in [3.8, 4) is 0 Å². The number of nitrogens with zero attached hydrogens (tertiary/aromatic N) is 1. The fourth-order valence-electron chi connectivity index (χ4n) is 0.891. The van der Waals surface area contributed by atoms with E-state index in [0.29, 0.717) is 0 Å². The fourth-order valence-corrected chi connectivity index (χ4v) is 1.29. The molecule has 1 aromatic rings. The first kappa shape index (κ1) is 10.4. The molecule has 0 bridgehead atoms. The van der Waals surface area contributed by atoms with Crippen molar-refractivity contribution in [3.05, 3.63) is 29.8 Å². The van der Waals surface area contributed by atoms with Gasteiger partial charge in [0, 0.05) is 19.8 Å². The van der Waals surface area contributed by atoms with E-state index < -0.39 is 0 Å². The average Bonchev–Trinajstić information content (AvgIpc) is 2.15. The molecule has 1 N–H and O–H groups in total. The zero-order valence-electron chi connectivity index (χ0n) is 8.07. The Hall–Kier alpha value is -0.710. The third kappa shape index (κ3) is 3.26. The molecule has 0 radical (unpaired) electrons. The van der Waals surface area contributed by atoms with Gasteiger partial charge in [-0.15, -0.1) is 0 Å². The van der Waals surface area contributed by atoms with Gasteiger partial charge in [-0.25, -0.2) is 4.28 Å². The molecule has 0 spiro atoms. The van der Waals surface area contributed by atoms with E-state index in [9.17, 15) is 0 Å². The van der Waals surface area contributed by atoms with Crippen molar-refractivity contribution in [1.82, 2.24) is 5.48 Å². The van der Waals surface area contributed by atoms with Crippen LogP contribution in [0.1, 0.15) is 5.56 Å². The molecule has 0 aliphatic heterocycles. The lowest BCUT2D eigenvalue weighted by molar-refractivity contribution is 0.271. The number of anilines is 1. The molecule has 1 aromatic carbocycles. The van der Waals surface area contributed by atoms with E-state index in [1.807, 2.05) is 11.4 Å². The normalized spacial score (nSPS) is 10.1. The minimum atomic E-state index is 1.12. The van der Waals surface area contributed by atoms with Gasteiger partial charge in [-0.1, -0.05) is 17.7 Å². The molecule has 4 heteroatoms. The van der Waals surface area contributed by atoms with Crippen LogP contribution < -0.4 is 9.79 Å². The van der Waals surface area contributed by atoms with Crippen molar-refractivity contribution < 1.29 is 4.28 Å². The molecule has 0 fully saturated rings. The number of rotatable bonds is 4. The highest BCUT2D eigenvalue weighted by molar-refractivity contribution is 7.96. The number of hydroxylamine groups is 1. The lowest BCUT2D eigenvalue weighted by atomic mass is 10.2. The maximum Gasteiger partial charge on any atom is 0.135 e. The molecule has 0 unspecified atom stereocenters. The van der Waals surface area contributed by atoms with Gasteiger partial charge in [0.25, 0.3) is 0 Å². The summed E-state index contributed by atoms with van der Waals surface area (Å²) in [5.41, 5.74) is 4.98. The van der Waals surface area contributed by atoms with Crippen molar-refractivity contribution >= 4 is 17.9 Å². The first-order chi connectivity index (χ1) is 6.24. The lowest BCUT2D eigenvalue weighted by Gasteiger charge is -2.15. The summed E-state index contributed by atoms with van der Waals surface area (Å²) in [6.45, 7) is 2.07. The summed E-state index contributed by atoms with van der Waals surface area (Å²) in [5.74, 6) is 0. The molecule has 13 heavy (non-hydrogen) atoms. The maximum absolute atomic E-state index is 4.97. The van der Waals surface area contributed by atoms with E-state index in [1.165, 1.54) is 17.8 Å². The Kier molecular flexibility index (Phi) is 4.08. The van der Waals surface area contributed by atoms with E-state index in [1.54, 1.807) is 7.05 Å². The van der Waals surface area contributed by atoms with Gasteiger partial charge in [0.1, 0.15) is 12.2 Å². The molecule has 1 rings (SSSR count). The van der Waals surface area contributed by atoms with Crippen LogP contribution in [0.2, 0.25) is 0 Å². The van der Waals surface area contributed by atoms with Gasteiger partial charge in [0.2, 0.25) is 0 Å². The Morgan fingerprint density at radius 3 is 2.46 bits per heavy atom. The molecule has 72 valence electrons. The quantitative estimate of drug-likeness (QED) is 0.455. The van der Waals surface area contributed by atoms with E-state index in [0.717, 1.165) is 5.69 Å². The third-order valence-electron chi connectivity index (χ3n) is 1.63. The van der Waals surface area contributed by atoms with E-state index in [-0.39, 0.29) is 0 Å². The predicted molar refractivity (Wildman–Crippen MR) is 57.3 cm³/mol. The summed E-state index contributed by atoms with van der Waals surface area (Å²) < 4.78 is 6.91. The monoisotopic (exact) mass is 198 g/mol. The molecule has 0 aromatic heterocycles. The second-order valence-electron chi connectivity index (χ2n) is 2.70. The van der Waals surface area contributed by atoms with Crippen LogP contribution >= 0.6 is 12.2 Å². The van der Waals surface area contributed by atoms with Gasteiger partial charge in [0.05, 0.1) is 0 Å². The third-order valence-corrected chi connectivity index (χ3v) is 2.31. The molecular formula is C9H14N2OS. The summed E-state index contributed by atoms with van der Waals surface area (Å²) in [6.07, 6.45) is 0. The Balaban J connectivity index is 2.55. The average molecular weight is 198 g/mol. The van der Waals surface area contributed by atoms with E-state index in [4.69, 9.17) is 4.28 Å². The SMILES string of the molecule is CNOSN(C)c1ccc(C)cc1. The minimum Gasteiger partial charge on any atom is -0.295 e. The first-order valence-corrected chi connectivity index (χ1v) is 4.74. The highest BCUT2D eigenvalue weighted by Gasteiger charge is 2.00. The van der Waals surface area contributed by atoms with Crippen LogP contribution in [0.4, 0.5) is 5.69 Å². The highest BCUT2D eigenvalue weighted by Crippen LogP contribution is 2.20. The zero-order chi connectivity index (χ0) is 9.68. The molecule has 0 heterocycles. The van der Waals surface area contributed by atoms with Gasteiger partial charge in [-0.05, 0) is 19.1 Å². The molecule has 0 aliphatic rings. The van der Waals surface area contributed by atoms with Gasteiger partial charge in [-0.3, -0.25) is 4.31 Å². The number of nitrogens with one attached hydrogen (secondary N) is 1. The van der Waals surface area contributed by atoms with Crippen molar-refractivity contribution in [3.63, 3.8) is 0 Å². The van der Waals surface area contributed by atoms with Crippen molar-refractivity contribution in [2.45, 2.75) is 6.92 Å². The number of hydrogen-bond donors (Lipinski definition) is 1. The van der Waals surface area contributed by atoms with Gasteiger partial charge in [-0.2, -0.15) is 5.48 Å². The van der Waals surface area contributed by atoms with Crippen LogP contribution in [-0.4, -0.2) is 14.1 Å². The van der Waals surface area contributed by atoms with Crippen LogP contribution in [0.25, 0.3) is 0 Å². The van der Waals surface area contributed by atoms with Gasteiger partial charge >= 0.3 is 0 Å². The Morgan fingerprint density at radius 2 is 1.92 bits per heavy atom. The smallest absolute Gasteiger partial charge is 0.135 e. The lowest BCUT2D eigenvalue weighted by Crippen LogP contribution is -2.11. The molecule has 0 saturated carbocycles. The van der Waals surface area contributed by atoms with Crippen LogP contribution in [0.3, 0.4) is 0 Å². The Bertz CT molecular complexity index is 250. The Morgan fingerprint density at radius 1 is 1.31 bits per heavy atom. The summed E-state index contributed by atoms with van der Waals surface area (Å²) >= 11 is 1.26. The van der Waals surface area contributed by atoms with Crippen LogP contribution in [0, 0.1) is 6.92 Å². The topological polar surface area (TPSA) is 24.5 Å². The second kappa shape index (κ2) is 5.11. The maximum atomic E-state index is 4.97. The van der Waals surface area contributed by atoms with Crippen LogP contribution in [-0.2, 0) is 4.28 Å². The van der Waals surface area contributed by atoms with Crippen LogP contribution in [0.15, 0.2) is 24.3 Å². The zero-order valence-corrected chi connectivity index (χ0v) is 8.89. The first-order valence-electron chi connectivity index (χ1n) is 4.05.